The smallest absolute Gasteiger partial charge is 0.269 e. The Morgan fingerprint density at radius 1 is 1.45 bits per heavy atom. The van der Waals surface area contributed by atoms with Crippen molar-refractivity contribution >= 4 is 11.6 Å². The van der Waals surface area contributed by atoms with E-state index in [2.05, 4.69) is 0 Å². The molecule has 0 aromatic heterocycles. The van der Waals surface area contributed by atoms with Gasteiger partial charge < -0.3 is 15.4 Å². The third-order valence-corrected chi connectivity index (χ3v) is 3.22. The lowest BCUT2D eigenvalue weighted by molar-refractivity contribution is -0.384. The second kappa shape index (κ2) is 6.33. The number of ether oxygens (including phenoxy) is 1. The van der Waals surface area contributed by atoms with Gasteiger partial charge in [-0.15, -0.1) is 0 Å². The van der Waals surface area contributed by atoms with E-state index >= 15 is 0 Å². The molecule has 1 aromatic carbocycles. The van der Waals surface area contributed by atoms with Gasteiger partial charge in [0.2, 0.25) is 0 Å². The van der Waals surface area contributed by atoms with Crippen molar-refractivity contribution in [2.45, 2.75) is 18.9 Å². The average molecular weight is 279 g/mol. The van der Waals surface area contributed by atoms with Crippen LogP contribution in [0, 0.1) is 10.1 Å². The molecule has 1 aliphatic heterocycles. The fourth-order valence-electron chi connectivity index (χ4n) is 2.14. The number of non-ortho nitro benzene ring substituents is 1. The van der Waals surface area contributed by atoms with Crippen molar-refractivity contribution in [3.05, 3.63) is 34.4 Å². The molecular weight excluding hydrogens is 262 g/mol. The van der Waals surface area contributed by atoms with Crippen molar-refractivity contribution < 1.29 is 14.5 Å². The van der Waals surface area contributed by atoms with E-state index in [1.165, 1.54) is 24.3 Å². The molecule has 20 heavy (non-hydrogen) atoms. The van der Waals surface area contributed by atoms with E-state index in [4.69, 9.17) is 10.5 Å². The van der Waals surface area contributed by atoms with Crippen LogP contribution in [0.4, 0.5) is 5.69 Å². The summed E-state index contributed by atoms with van der Waals surface area (Å²) in [6, 6.07) is 5.68. The van der Waals surface area contributed by atoms with E-state index in [-0.39, 0.29) is 24.2 Å². The quantitative estimate of drug-likeness (QED) is 0.652. The van der Waals surface area contributed by atoms with Gasteiger partial charge in [-0.3, -0.25) is 14.9 Å². The number of nitro groups is 1. The van der Waals surface area contributed by atoms with Crippen molar-refractivity contribution in [1.29, 1.82) is 0 Å². The van der Waals surface area contributed by atoms with Crippen molar-refractivity contribution in [2.75, 3.05) is 19.7 Å². The summed E-state index contributed by atoms with van der Waals surface area (Å²) in [4.78, 5) is 23.6. The predicted molar refractivity (Wildman–Crippen MR) is 72.4 cm³/mol. The van der Waals surface area contributed by atoms with Crippen molar-refractivity contribution in [3.8, 4) is 5.75 Å². The van der Waals surface area contributed by atoms with Gasteiger partial charge in [-0.05, 0) is 25.0 Å². The number of carbonyl (C=O) groups is 1. The number of rotatable bonds is 4. The first-order valence-electron chi connectivity index (χ1n) is 6.47. The summed E-state index contributed by atoms with van der Waals surface area (Å²) in [6.45, 7) is 1.18. The fourth-order valence-corrected chi connectivity index (χ4v) is 2.14. The predicted octanol–water partition coefficient (Wildman–Crippen LogP) is 0.923. The Morgan fingerprint density at radius 2 is 2.15 bits per heavy atom. The van der Waals surface area contributed by atoms with E-state index in [0.717, 1.165) is 12.8 Å². The Labute approximate surface area is 116 Å². The van der Waals surface area contributed by atoms with Gasteiger partial charge in [0.25, 0.3) is 11.6 Å². The van der Waals surface area contributed by atoms with Gasteiger partial charge in [-0.1, -0.05) is 0 Å². The molecule has 0 radical (unpaired) electrons. The lowest BCUT2D eigenvalue weighted by atomic mass is 10.1. The number of nitrogens with two attached hydrogens (primary N) is 1. The molecule has 1 unspecified atom stereocenters. The third kappa shape index (κ3) is 3.67. The van der Waals surface area contributed by atoms with Crippen LogP contribution in [0.5, 0.6) is 5.75 Å². The highest BCUT2D eigenvalue weighted by Gasteiger charge is 2.21. The summed E-state index contributed by atoms with van der Waals surface area (Å²) in [5.41, 5.74) is 5.81. The molecule has 1 atom stereocenters. The van der Waals surface area contributed by atoms with Crippen LogP contribution in [0.2, 0.25) is 0 Å². The van der Waals surface area contributed by atoms with Gasteiger partial charge in [0.15, 0.2) is 6.61 Å². The third-order valence-electron chi connectivity index (χ3n) is 3.22. The number of piperidine rings is 1. The number of amides is 1. The van der Waals surface area contributed by atoms with E-state index < -0.39 is 4.92 Å². The van der Waals surface area contributed by atoms with Gasteiger partial charge in [-0.25, -0.2) is 0 Å². The first-order valence-corrected chi connectivity index (χ1v) is 6.47. The van der Waals surface area contributed by atoms with E-state index in [1.54, 1.807) is 4.90 Å². The molecule has 7 heteroatoms. The zero-order valence-electron chi connectivity index (χ0n) is 11.0. The minimum absolute atomic E-state index is 0.00863. The van der Waals surface area contributed by atoms with E-state index in [1.807, 2.05) is 0 Å². The molecule has 1 aromatic rings. The van der Waals surface area contributed by atoms with Crippen LogP contribution < -0.4 is 10.5 Å². The minimum atomic E-state index is -0.482. The molecule has 1 fully saturated rings. The van der Waals surface area contributed by atoms with Crippen molar-refractivity contribution in [3.63, 3.8) is 0 Å². The molecule has 0 saturated carbocycles. The molecule has 2 rings (SSSR count). The number of hydrogen-bond donors (Lipinski definition) is 1. The summed E-state index contributed by atoms with van der Waals surface area (Å²) < 4.78 is 5.34. The Hall–Kier alpha value is -2.15. The standard InChI is InChI=1S/C13H17N3O4/c14-10-2-1-7-15(8-10)13(17)9-20-12-5-3-11(4-6-12)16(18)19/h3-6,10H,1-2,7-9,14H2. The summed E-state index contributed by atoms with van der Waals surface area (Å²) in [5.74, 6) is 0.323. The summed E-state index contributed by atoms with van der Waals surface area (Å²) in [5, 5.41) is 10.5. The lowest BCUT2D eigenvalue weighted by Crippen LogP contribution is -2.47. The second-order valence-corrected chi connectivity index (χ2v) is 4.78. The van der Waals surface area contributed by atoms with Crippen LogP contribution in [-0.4, -0.2) is 41.5 Å². The first-order chi connectivity index (χ1) is 9.56. The largest absolute Gasteiger partial charge is 0.484 e. The molecule has 0 spiro atoms. The topological polar surface area (TPSA) is 98.7 Å². The SMILES string of the molecule is NC1CCCN(C(=O)COc2ccc([N+](=O)[O-])cc2)C1. The highest BCUT2D eigenvalue weighted by molar-refractivity contribution is 5.77. The second-order valence-electron chi connectivity index (χ2n) is 4.78. The number of nitro benzene ring substituents is 1. The summed E-state index contributed by atoms with van der Waals surface area (Å²) in [6.07, 6.45) is 1.84. The molecule has 0 aliphatic carbocycles. The lowest BCUT2D eigenvalue weighted by Gasteiger charge is -2.30. The highest BCUT2D eigenvalue weighted by atomic mass is 16.6. The average Bonchev–Trinajstić information content (AvgIpc) is 2.45. The molecule has 7 nitrogen and oxygen atoms in total. The molecule has 108 valence electrons. The first kappa shape index (κ1) is 14.3. The van der Waals surface area contributed by atoms with Crippen molar-refractivity contribution in [2.24, 2.45) is 5.73 Å². The van der Waals surface area contributed by atoms with E-state index in [0.29, 0.717) is 18.8 Å². The van der Waals surface area contributed by atoms with Crippen LogP contribution in [0.1, 0.15) is 12.8 Å². The van der Waals surface area contributed by atoms with Crippen LogP contribution in [0.3, 0.4) is 0 Å². The number of nitrogens with zero attached hydrogens (tertiary/aromatic N) is 2. The monoisotopic (exact) mass is 279 g/mol. The van der Waals surface area contributed by atoms with Gasteiger partial charge in [0.1, 0.15) is 5.75 Å². The Bertz CT molecular complexity index is 489. The van der Waals surface area contributed by atoms with E-state index in [9.17, 15) is 14.9 Å². The zero-order chi connectivity index (χ0) is 14.5. The van der Waals surface area contributed by atoms with Gasteiger partial charge in [-0.2, -0.15) is 0 Å². The molecule has 1 amide bonds. The molecule has 0 bridgehead atoms. The van der Waals surface area contributed by atoms with Gasteiger partial charge >= 0.3 is 0 Å². The number of benzene rings is 1. The number of hydrogen-bond acceptors (Lipinski definition) is 5. The maximum Gasteiger partial charge on any atom is 0.269 e. The number of carbonyl (C=O) groups excluding carboxylic acids is 1. The fraction of sp³-hybridized carbons (Fsp3) is 0.462. The van der Waals surface area contributed by atoms with Crippen LogP contribution in [0.25, 0.3) is 0 Å². The molecule has 2 N–H and O–H groups in total. The van der Waals surface area contributed by atoms with Crippen LogP contribution >= 0.6 is 0 Å². The molecular formula is C13H17N3O4. The Morgan fingerprint density at radius 3 is 2.75 bits per heavy atom. The Kier molecular flexibility index (Phi) is 4.52. The van der Waals surface area contributed by atoms with Crippen molar-refractivity contribution in [1.82, 2.24) is 4.90 Å². The maximum absolute atomic E-state index is 11.9. The normalized spacial score (nSPS) is 18.6. The van der Waals surface area contributed by atoms with Gasteiger partial charge in [0.05, 0.1) is 4.92 Å². The van der Waals surface area contributed by atoms with Gasteiger partial charge in [0, 0.05) is 31.3 Å². The maximum atomic E-state index is 11.9. The molecule has 1 saturated heterocycles. The van der Waals surface area contributed by atoms with Crippen LogP contribution in [-0.2, 0) is 4.79 Å². The highest BCUT2D eigenvalue weighted by Crippen LogP contribution is 2.17. The Balaban J connectivity index is 1.85. The zero-order valence-corrected chi connectivity index (χ0v) is 11.0. The van der Waals surface area contributed by atoms with Crippen LogP contribution in [0.15, 0.2) is 24.3 Å². The number of likely N-dealkylation sites (tertiary alicyclic amines) is 1. The molecule has 1 heterocycles. The molecule has 1 aliphatic rings. The summed E-state index contributed by atoms with van der Waals surface area (Å²) in [7, 11) is 0. The summed E-state index contributed by atoms with van der Waals surface area (Å²) >= 11 is 0. The minimum Gasteiger partial charge on any atom is -0.484 e.